The highest BCUT2D eigenvalue weighted by Crippen LogP contribution is 2.25. The Hall–Kier alpha value is -0.690. The summed E-state index contributed by atoms with van der Waals surface area (Å²) in [5, 5.41) is 4.36. The van der Waals surface area contributed by atoms with E-state index in [1.165, 1.54) is 43.4 Å². The van der Waals surface area contributed by atoms with Gasteiger partial charge in [0.1, 0.15) is 0 Å². The third kappa shape index (κ3) is 3.15. The van der Waals surface area contributed by atoms with E-state index in [1.54, 1.807) is 0 Å². The van der Waals surface area contributed by atoms with Crippen LogP contribution in [0.1, 0.15) is 37.7 Å². The number of hydrogen-bond acceptors (Lipinski definition) is 1. The minimum atomic E-state index is 0.816. The van der Waals surface area contributed by atoms with Crippen LogP contribution < -0.4 is 5.32 Å². The van der Waals surface area contributed by atoms with Gasteiger partial charge in [0.15, 0.2) is 0 Å². The molecule has 0 heterocycles. The zero-order valence-electron chi connectivity index (χ0n) is 9.93. The Labute approximate surface area is 103 Å². The first-order chi connectivity index (χ1) is 7.75. The second kappa shape index (κ2) is 5.58. The molecule has 1 aromatic carbocycles. The van der Waals surface area contributed by atoms with Gasteiger partial charge in [0, 0.05) is 17.3 Å². The smallest absolute Gasteiger partial charge is 0.0426 e. The normalized spacial score (nSPS) is 17.4. The molecule has 0 unspecified atom stereocenters. The molecule has 1 fully saturated rings. The quantitative estimate of drug-likeness (QED) is 0.808. The van der Waals surface area contributed by atoms with Crippen molar-refractivity contribution in [2.24, 2.45) is 5.92 Å². The fourth-order valence-corrected chi connectivity index (χ4v) is 2.60. The summed E-state index contributed by atoms with van der Waals surface area (Å²) in [6.07, 6.45) is 6.99. The molecular formula is C14H20ClN. The molecule has 1 aliphatic carbocycles. The molecule has 0 spiro atoms. The molecule has 1 aromatic rings. The van der Waals surface area contributed by atoms with Crippen LogP contribution in [0.15, 0.2) is 18.2 Å². The molecule has 0 aliphatic heterocycles. The molecule has 2 heteroatoms. The van der Waals surface area contributed by atoms with E-state index >= 15 is 0 Å². The van der Waals surface area contributed by atoms with Crippen LogP contribution in [-0.4, -0.2) is 6.54 Å². The Morgan fingerprint density at radius 3 is 2.75 bits per heavy atom. The van der Waals surface area contributed by atoms with Crippen LogP contribution in [0.5, 0.6) is 0 Å². The summed E-state index contributed by atoms with van der Waals surface area (Å²) in [6.45, 7) is 3.22. The standard InChI is InChI=1S/C14H20ClN/c1-11-7-8-13(15)9-14(11)16-10-12-5-3-2-4-6-12/h7-9,12,16H,2-6,10H2,1H3. The van der Waals surface area contributed by atoms with Gasteiger partial charge in [0.25, 0.3) is 0 Å². The van der Waals surface area contributed by atoms with Crippen LogP contribution in [0.25, 0.3) is 0 Å². The highest BCUT2D eigenvalue weighted by atomic mass is 35.5. The molecule has 16 heavy (non-hydrogen) atoms. The van der Waals surface area contributed by atoms with Gasteiger partial charge in [-0.05, 0) is 43.4 Å². The molecule has 1 aliphatic rings. The topological polar surface area (TPSA) is 12.0 Å². The summed E-state index contributed by atoms with van der Waals surface area (Å²) in [5.74, 6) is 0.854. The van der Waals surface area contributed by atoms with Gasteiger partial charge in [-0.3, -0.25) is 0 Å². The van der Waals surface area contributed by atoms with E-state index in [0.717, 1.165) is 17.5 Å². The zero-order chi connectivity index (χ0) is 11.4. The van der Waals surface area contributed by atoms with Gasteiger partial charge >= 0.3 is 0 Å². The molecule has 1 N–H and O–H groups in total. The SMILES string of the molecule is Cc1ccc(Cl)cc1NCC1CCCCC1. The Morgan fingerprint density at radius 2 is 2.00 bits per heavy atom. The van der Waals surface area contributed by atoms with Crippen molar-refractivity contribution in [2.75, 3.05) is 11.9 Å². The van der Waals surface area contributed by atoms with Crippen molar-refractivity contribution in [2.45, 2.75) is 39.0 Å². The lowest BCUT2D eigenvalue weighted by molar-refractivity contribution is 0.373. The predicted molar refractivity (Wildman–Crippen MR) is 71.3 cm³/mol. The van der Waals surface area contributed by atoms with Crippen LogP contribution in [-0.2, 0) is 0 Å². The van der Waals surface area contributed by atoms with Crippen LogP contribution in [0, 0.1) is 12.8 Å². The summed E-state index contributed by atoms with van der Waals surface area (Å²) in [4.78, 5) is 0. The molecule has 0 aromatic heterocycles. The van der Waals surface area contributed by atoms with Gasteiger partial charge < -0.3 is 5.32 Å². The van der Waals surface area contributed by atoms with Crippen molar-refractivity contribution in [3.8, 4) is 0 Å². The lowest BCUT2D eigenvalue weighted by atomic mass is 9.89. The molecule has 88 valence electrons. The molecule has 2 rings (SSSR count). The van der Waals surface area contributed by atoms with E-state index in [2.05, 4.69) is 18.3 Å². The first-order valence-corrected chi connectivity index (χ1v) is 6.63. The van der Waals surface area contributed by atoms with Gasteiger partial charge in [-0.25, -0.2) is 0 Å². The summed E-state index contributed by atoms with van der Waals surface area (Å²) in [7, 11) is 0. The second-order valence-electron chi connectivity index (χ2n) is 4.84. The fraction of sp³-hybridized carbons (Fsp3) is 0.571. The van der Waals surface area contributed by atoms with Crippen LogP contribution in [0.2, 0.25) is 5.02 Å². The zero-order valence-corrected chi connectivity index (χ0v) is 10.7. The van der Waals surface area contributed by atoms with Gasteiger partial charge in [-0.2, -0.15) is 0 Å². The van der Waals surface area contributed by atoms with Crippen LogP contribution in [0.4, 0.5) is 5.69 Å². The van der Waals surface area contributed by atoms with Crippen LogP contribution in [0.3, 0.4) is 0 Å². The summed E-state index contributed by atoms with van der Waals surface area (Å²) in [5.41, 5.74) is 2.47. The Balaban J connectivity index is 1.90. The molecular weight excluding hydrogens is 218 g/mol. The average molecular weight is 238 g/mol. The van der Waals surface area contributed by atoms with Crippen LogP contribution >= 0.6 is 11.6 Å². The fourth-order valence-electron chi connectivity index (χ4n) is 2.43. The summed E-state index contributed by atoms with van der Waals surface area (Å²) >= 11 is 6.00. The highest BCUT2D eigenvalue weighted by molar-refractivity contribution is 6.30. The number of nitrogens with one attached hydrogen (secondary N) is 1. The van der Waals surface area contributed by atoms with Gasteiger partial charge in [0.05, 0.1) is 0 Å². The van der Waals surface area contributed by atoms with E-state index < -0.39 is 0 Å². The Bertz CT molecular complexity index is 343. The molecule has 0 atom stereocenters. The third-order valence-electron chi connectivity index (χ3n) is 3.51. The molecule has 0 radical (unpaired) electrons. The maximum absolute atomic E-state index is 6.00. The predicted octanol–water partition coefficient (Wildman–Crippen LogP) is 4.64. The van der Waals surface area contributed by atoms with Crippen molar-refractivity contribution in [3.63, 3.8) is 0 Å². The monoisotopic (exact) mass is 237 g/mol. The van der Waals surface area contributed by atoms with E-state index in [9.17, 15) is 0 Å². The maximum Gasteiger partial charge on any atom is 0.0426 e. The average Bonchev–Trinajstić information content (AvgIpc) is 2.32. The lowest BCUT2D eigenvalue weighted by Crippen LogP contribution is -2.17. The molecule has 1 nitrogen and oxygen atoms in total. The molecule has 0 bridgehead atoms. The van der Waals surface area contributed by atoms with Crippen molar-refractivity contribution in [1.29, 1.82) is 0 Å². The Kier molecular flexibility index (Phi) is 4.11. The van der Waals surface area contributed by atoms with E-state index in [0.29, 0.717) is 0 Å². The Morgan fingerprint density at radius 1 is 1.25 bits per heavy atom. The first kappa shape index (κ1) is 11.8. The van der Waals surface area contributed by atoms with Gasteiger partial charge in [-0.15, -0.1) is 0 Å². The number of anilines is 1. The summed E-state index contributed by atoms with van der Waals surface area (Å²) in [6, 6.07) is 6.05. The van der Waals surface area contributed by atoms with E-state index in [1.807, 2.05) is 12.1 Å². The third-order valence-corrected chi connectivity index (χ3v) is 3.74. The minimum absolute atomic E-state index is 0.816. The van der Waals surface area contributed by atoms with Crippen molar-refractivity contribution >= 4 is 17.3 Å². The van der Waals surface area contributed by atoms with Gasteiger partial charge in [0.2, 0.25) is 0 Å². The number of benzene rings is 1. The van der Waals surface area contributed by atoms with Gasteiger partial charge in [-0.1, -0.05) is 36.9 Å². The van der Waals surface area contributed by atoms with E-state index in [4.69, 9.17) is 11.6 Å². The minimum Gasteiger partial charge on any atom is -0.385 e. The van der Waals surface area contributed by atoms with E-state index in [-0.39, 0.29) is 0 Å². The summed E-state index contributed by atoms with van der Waals surface area (Å²) < 4.78 is 0. The van der Waals surface area contributed by atoms with Crippen molar-refractivity contribution in [3.05, 3.63) is 28.8 Å². The number of halogens is 1. The number of rotatable bonds is 3. The number of hydrogen-bond donors (Lipinski definition) is 1. The largest absolute Gasteiger partial charge is 0.385 e. The second-order valence-corrected chi connectivity index (χ2v) is 5.28. The molecule has 0 amide bonds. The number of aryl methyl sites for hydroxylation is 1. The van der Waals surface area contributed by atoms with Crippen molar-refractivity contribution in [1.82, 2.24) is 0 Å². The lowest BCUT2D eigenvalue weighted by Gasteiger charge is -2.22. The molecule has 0 saturated heterocycles. The van der Waals surface area contributed by atoms with Crippen molar-refractivity contribution < 1.29 is 0 Å². The maximum atomic E-state index is 6.00. The molecule has 1 saturated carbocycles. The highest BCUT2D eigenvalue weighted by Gasteiger charge is 2.13. The first-order valence-electron chi connectivity index (χ1n) is 6.26.